The number of aliphatic hydroxyl groups excluding tert-OH is 2. The Labute approximate surface area is 244 Å². The molecule has 10 atom stereocenters. The number of phosphoric acid groups is 2. The molecule has 6 unspecified atom stereocenters. The predicted molar refractivity (Wildman–Crippen MR) is 142 cm³/mol. The summed E-state index contributed by atoms with van der Waals surface area (Å²) < 4.78 is 56.0. The molecule has 2 bridgehead atoms. The van der Waals surface area contributed by atoms with Gasteiger partial charge in [0.2, 0.25) is 0 Å². The lowest BCUT2D eigenvalue weighted by atomic mass is 10.1. The van der Waals surface area contributed by atoms with E-state index < -0.39 is 83.1 Å². The summed E-state index contributed by atoms with van der Waals surface area (Å²) in [6.45, 7) is -1.35. The summed E-state index contributed by atoms with van der Waals surface area (Å²) in [7, 11) is -9.96. The Hall–Kier alpha value is -3.20. The molecule has 3 aliphatic rings. The standard InChI is InChI=1S/C21H25N9O12P2/c22-17-11-18(24-4-23-17)30(7-27-11)21-14(32)16-10(40-21)3-39-44(36,37)41-15-9(1-8(13(15)31)2-38-43(34,35)42-16)29-6-28-12-19(29)25-5-26-20(12)33/h4-10,13-16,21,31-32H,1-3H2,(H,34,35)(H,36,37)(H2,22,23,24)(H,25,26,33)/t8-,9-,10-,13?,14?,15?,16?,21-/m1/s1. The van der Waals surface area contributed by atoms with Crippen LogP contribution in [0.15, 0.2) is 30.1 Å². The molecule has 0 spiro atoms. The fraction of sp³-hybridized carbons (Fsp3) is 0.524. The minimum atomic E-state index is -5.00. The largest absolute Gasteiger partial charge is 0.472 e. The molecule has 0 amide bonds. The van der Waals surface area contributed by atoms with Gasteiger partial charge in [-0.3, -0.25) is 27.5 Å². The van der Waals surface area contributed by atoms with Crippen molar-refractivity contribution in [2.24, 2.45) is 5.92 Å². The van der Waals surface area contributed by atoms with Crippen LogP contribution in [0.2, 0.25) is 0 Å². The van der Waals surface area contributed by atoms with Crippen molar-refractivity contribution in [3.63, 3.8) is 0 Å². The van der Waals surface area contributed by atoms with Gasteiger partial charge >= 0.3 is 15.6 Å². The van der Waals surface area contributed by atoms with E-state index in [0.29, 0.717) is 0 Å². The number of nitrogens with one attached hydrogen (secondary N) is 1. The maximum atomic E-state index is 13.2. The second kappa shape index (κ2) is 10.7. The molecule has 0 radical (unpaired) electrons. The van der Waals surface area contributed by atoms with Crippen molar-refractivity contribution < 1.29 is 52.0 Å². The average molecular weight is 657 g/mol. The number of aromatic amines is 1. The lowest BCUT2D eigenvalue weighted by Crippen LogP contribution is -2.36. The SMILES string of the molecule is Nc1ncnc2c1ncn2[C@@H]1O[C@@H]2COP(=O)(O)OC3C(O)[C@@H](COP(=O)(O)OC2C1O)C[C@H]3n1cnc2c(=O)[nH]cnc21. The van der Waals surface area contributed by atoms with Crippen molar-refractivity contribution in [2.45, 2.75) is 49.2 Å². The first-order chi connectivity index (χ1) is 20.9. The molecule has 2 saturated heterocycles. The van der Waals surface area contributed by atoms with Crippen LogP contribution in [0.4, 0.5) is 5.82 Å². The minimum absolute atomic E-state index is 0.0235. The van der Waals surface area contributed by atoms with E-state index in [-0.39, 0.29) is 34.6 Å². The molecular weight excluding hydrogens is 632 g/mol. The number of nitrogen functional groups attached to an aromatic ring is 1. The summed E-state index contributed by atoms with van der Waals surface area (Å²) in [5.74, 6) is -0.888. The quantitative estimate of drug-likeness (QED) is 0.137. The molecule has 44 heavy (non-hydrogen) atoms. The minimum Gasteiger partial charge on any atom is -0.390 e. The van der Waals surface area contributed by atoms with Gasteiger partial charge in [-0.2, -0.15) is 0 Å². The van der Waals surface area contributed by atoms with E-state index in [1.165, 1.54) is 21.8 Å². The van der Waals surface area contributed by atoms with Gasteiger partial charge in [0.25, 0.3) is 5.56 Å². The molecule has 3 fully saturated rings. The van der Waals surface area contributed by atoms with Crippen LogP contribution >= 0.6 is 15.6 Å². The third-order valence-corrected chi connectivity index (χ3v) is 9.77. The van der Waals surface area contributed by atoms with Crippen LogP contribution in [0.3, 0.4) is 0 Å². The number of nitrogens with two attached hydrogens (primary N) is 1. The summed E-state index contributed by atoms with van der Waals surface area (Å²) in [5.41, 5.74) is 5.74. The molecule has 7 rings (SSSR count). The van der Waals surface area contributed by atoms with Crippen LogP contribution in [0.5, 0.6) is 0 Å². The number of hydrogen-bond acceptors (Lipinski definition) is 16. The second-order valence-electron chi connectivity index (χ2n) is 10.4. The van der Waals surface area contributed by atoms with Crippen LogP contribution in [0.1, 0.15) is 18.7 Å². The number of rotatable bonds is 2. The maximum Gasteiger partial charge on any atom is 0.472 e. The molecule has 1 aliphatic carbocycles. The summed E-state index contributed by atoms with van der Waals surface area (Å²) in [6, 6.07) is -0.936. The van der Waals surface area contributed by atoms with Crippen molar-refractivity contribution >= 4 is 43.8 Å². The third-order valence-electron chi connectivity index (χ3n) is 7.80. The monoisotopic (exact) mass is 657 g/mol. The Morgan fingerprint density at radius 1 is 0.886 bits per heavy atom. The molecule has 7 N–H and O–H groups in total. The third kappa shape index (κ3) is 5.05. The van der Waals surface area contributed by atoms with Crippen molar-refractivity contribution in [2.75, 3.05) is 18.9 Å². The van der Waals surface area contributed by atoms with Gasteiger partial charge in [-0.15, -0.1) is 0 Å². The number of aliphatic hydroxyl groups is 2. The van der Waals surface area contributed by atoms with E-state index in [1.807, 2.05) is 0 Å². The zero-order valence-electron chi connectivity index (χ0n) is 22.2. The van der Waals surface area contributed by atoms with Crippen LogP contribution in [-0.2, 0) is 32.0 Å². The van der Waals surface area contributed by atoms with E-state index in [1.54, 1.807) is 0 Å². The van der Waals surface area contributed by atoms with E-state index >= 15 is 0 Å². The second-order valence-corrected chi connectivity index (χ2v) is 13.2. The van der Waals surface area contributed by atoms with Gasteiger partial charge in [0.1, 0.15) is 36.3 Å². The number of phosphoric ester groups is 2. The van der Waals surface area contributed by atoms with Crippen LogP contribution < -0.4 is 11.3 Å². The Morgan fingerprint density at radius 2 is 1.57 bits per heavy atom. The zero-order valence-corrected chi connectivity index (χ0v) is 24.0. The zero-order chi connectivity index (χ0) is 31.0. The van der Waals surface area contributed by atoms with E-state index in [2.05, 4.69) is 29.9 Å². The Balaban J connectivity index is 1.20. The van der Waals surface area contributed by atoms with E-state index in [4.69, 9.17) is 28.6 Å². The highest BCUT2D eigenvalue weighted by atomic mass is 31.2. The Kier molecular flexibility index (Phi) is 7.18. The highest BCUT2D eigenvalue weighted by Crippen LogP contribution is 2.55. The van der Waals surface area contributed by atoms with Gasteiger partial charge in [-0.1, -0.05) is 0 Å². The molecule has 236 valence electrons. The molecule has 4 aromatic heterocycles. The summed E-state index contributed by atoms with van der Waals surface area (Å²) in [6.07, 6.45) is -4.21. The van der Waals surface area contributed by atoms with Crippen LogP contribution in [0, 0.1) is 5.92 Å². The highest BCUT2D eigenvalue weighted by molar-refractivity contribution is 7.47. The number of hydrogen-bond donors (Lipinski definition) is 6. The van der Waals surface area contributed by atoms with Gasteiger partial charge < -0.3 is 40.0 Å². The van der Waals surface area contributed by atoms with Gasteiger partial charge in [-0.25, -0.2) is 34.0 Å². The molecule has 0 aromatic carbocycles. The lowest BCUT2D eigenvalue weighted by Gasteiger charge is -2.26. The highest BCUT2D eigenvalue weighted by Gasteiger charge is 2.53. The smallest absolute Gasteiger partial charge is 0.390 e. The lowest BCUT2D eigenvalue weighted by molar-refractivity contribution is -0.0552. The van der Waals surface area contributed by atoms with Crippen molar-refractivity contribution in [1.82, 2.24) is 39.0 Å². The van der Waals surface area contributed by atoms with E-state index in [9.17, 15) is 33.9 Å². The van der Waals surface area contributed by atoms with Gasteiger partial charge in [-0.05, 0) is 6.42 Å². The Bertz CT molecular complexity index is 1880. The number of nitrogens with zero attached hydrogens (tertiary/aromatic N) is 7. The molecule has 23 heteroatoms. The van der Waals surface area contributed by atoms with Crippen molar-refractivity contribution in [3.05, 3.63) is 35.7 Å². The normalized spacial score (nSPS) is 38.3. The fourth-order valence-corrected chi connectivity index (χ4v) is 7.73. The van der Waals surface area contributed by atoms with E-state index in [0.717, 1.165) is 12.7 Å². The molecular formula is C21H25N9O12P2. The average Bonchev–Trinajstić information content (AvgIpc) is 3.73. The van der Waals surface area contributed by atoms with Gasteiger partial charge in [0, 0.05) is 5.92 Å². The first kappa shape index (κ1) is 29.5. The van der Waals surface area contributed by atoms with Crippen LogP contribution in [0.25, 0.3) is 22.3 Å². The molecule has 4 aromatic rings. The summed E-state index contributed by atoms with van der Waals surface area (Å²) in [4.78, 5) is 56.1. The number of fused-ring (bicyclic) bond motifs is 5. The summed E-state index contributed by atoms with van der Waals surface area (Å²) in [5, 5.41) is 22.2. The molecule has 6 heterocycles. The van der Waals surface area contributed by atoms with Crippen molar-refractivity contribution in [1.29, 1.82) is 0 Å². The number of ether oxygens (including phenoxy) is 1. The summed E-state index contributed by atoms with van der Waals surface area (Å²) >= 11 is 0. The van der Waals surface area contributed by atoms with Gasteiger partial charge in [0.15, 0.2) is 28.9 Å². The first-order valence-corrected chi connectivity index (χ1v) is 16.1. The number of imidazole rings is 2. The predicted octanol–water partition coefficient (Wildman–Crippen LogP) is -1.26. The number of anilines is 1. The number of H-pyrrole nitrogens is 1. The number of aromatic nitrogens is 8. The molecule has 2 aliphatic heterocycles. The first-order valence-electron chi connectivity index (χ1n) is 13.1. The van der Waals surface area contributed by atoms with Gasteiger partial charge in [0.05, 0.1) is 44.3 Å². The van der Waals surface area contributed by atoms with Crippen LogP contribution in [-0.4, -0.2) is 103 Å². The van der Waals surface area contributed by atoms with Crippen molar-refractivity contribution in [3.8, 4) is 0 Å². The fourth-order valence-electron chi connectivity index (χ4n) is 5.75. The maximum absolute atomic E-state index is 13.2. The topological polar surface area (TPSA) is 294 Å². The molecule has 21 nitrogen and oxygen atoms in total. The molecule has 1 saturated carbocycles. The Morgan fingerprint density at radius 3 is 2.36 bits per heavy atom.